The summed E-state index contributed by atoms with van der Waals surface area (Å²) < 4.78 is 0. The van der Waals surface area contributed by atoms with Gasteiger partial charge in [0, 0.05) is 13.1 Å². The highest BCUT2D eigenvalue weighted by Crippen LogP contribution is 2.17. The first-order chi connectivity index (χ1) is 8.60. The molecule has 1 saturated heterocycles. The molecule has 2 N–H and O–H groups in total. The van der Waals surface area contributed by atoms with E-state index in [0.29, 0.717) is 19.0 Å². The van der Waals surface area contributed by atoms with Gasteiger partial charge in [0.15, 0.2) is 0 Å². The lowest BCUT2D eigenvalue weighted by atomic mass is 9.92. The third-order valence-electron chi connectivity index (χ3n) is 3.44. The van der Waals surface area contributed by atoms with Gasteiger partial charge in [0.2, 0.25) is 11.8 Å². The maximum Gasteiger partial charge on any atom is 0.240 e. The number of piperidine rings is 1. The fraction of sp³-hybridized carbons (Fsp3) is 0.846. The second-order valence-corrected chi connectivity index (χ2v) is 4.86. The van der Waals surface area contributed by atoms with Crippen molar-refractivity contribution >= 4 is 11.8 Å². The van der Waals surface area contributed by atoms with Crippen molar-refractivity contribution in [1.29, 1.82) is 0 Å². The van der Waals surface area contributed by atoms with Gasteiger partial charge in [0.1, 0.15) is 0 Å². The topological polar surface area (TPSA) is 61.4 Å². The summed E-state index contributed by atoms with van der Waals surface area (Å²) in [5.74, 6) is 0.307. The molecule has 0 aromatic heterocycles. The van der Waals surface area contributed by atoms with Crippen LogP contribution < -0.4 is 10.6 Å². The quantitative estimate of drug-likeness (QED) is 0.745. The molecule has 0 aliphatic carbocycles. The van der Waals surface area contributed by atoms with Crippen LogP contribution in [0.1, 0.15) is 33.6 Å². The molecule has 104 valence electrons. The predicted molar refractivity (Wildman–Crippen MR) is 71.1 cm³/mol. The third kappa shape index (κ3) is 3.98. The van der Waals surface area contributed by atoms with Crippen LogP contribution in [0.15, 0.2) is 0 Å². The standard InChI is InChI=1S/C13H25N3O2/c1-4-14-11(17)9-16(5-2)13(18)12-10(3)7-6-8-15-12/h10,12,15H,4-9H2,1-3H3,(H,14,17). The summed E-state index contributed by atoms with van der Waals surface area (Å²) in [6.45, 7) is 8.09. The van der Waals surface area contributed by atoms with Gasteiger partial charge in [-0.25, -0.2) is 0 Å². The second kappa shape index (κ2) is 7.36. The first-order valence-corrected chi connectivity index (χ1v) is 6.89. The monoisotopic (exact) mass is 255 g/mol. The number of nitrogens with zero attached hydrogens (tertiary/aromatic N) is 1. The molecule has 1 aliphatic rings. The maximum absolute atomic E-state index is 12.4. The Morgan fingerprint density at radius 3 is 2.67 bits per heavy atom. The van der Waals surface area contributed by atoms with E-state index in [4.69, 9.17) is 0 Å². The summed E-state index contributed by atoms with van der Waals surface area (Å²) in [5, 5.41) is 5.99. The van der Waals surface area contributed by atoms with Crippen molar-refractivity contribution in [2.24, 2.45) is 5.92 Å². The van der Waals surface area contributed by atoms with Crippen LogP contribution in [-0.2, 0) is 9.59 Å². The van der Waals surface area contributed by atoms with Crippen molar-refractivity contribution in [3.8, 4) is 0 Å². The Labute approximate surface area is 109 Å². The highest BCUT2D eigenvalue weighted by Gasteiger charge is 2.30. The van der Waals surface area contributed by atoms with Crippen LogP contribution in [-0.4, -0.2) is 48.9 Å². The molecule has 2 unspecified atom stereocenters. The molecule has 0 radical (unpaired) electrons. The highest BCUT2D eigenvalue weighted by atomic mass is 16.2. The molecule has 1 heterocycles. The van der Waals surface area contributed by atoms with Crippen LogP contribution in [0.2, 0.25) is 0 Å². The SMILES string of the molecule is CCNC(=O)CN(CC)C(=O)C1NCCCC1C. The molecule has 1 rings (SSSR count). The van der Waals surface area contributed by atoms with Crippen molar-refractivity contribution in [2.45, 2.75) is 39.7 Å². The molecule has 2 atom stereocenters. The summed E-state index contributed by atoms with van der Waals surface area (Å²) in [6.07, 6.45) is 2.19. The minimum absolute atomic E-state index is 0.0518. The van der Waals surface area contributed by atoms with E-state index in [9.17, 15) is 9.59 Å². The van der Waals surface area contributed by atoms with Crippen molar-refractivity contribution in [3.05, 3.63) is 0 Å². The van der Waals surface area contributed by atoms with Crippen molar-refractivity contribution in [2.75, 3.05) is 26.2 Å². The Kier molecular flexibility index (Phi) is 6.12. The zero-order chi connectivity index (χ0) is 13.5. The molecule has 18 heavy (non-hydrogen) atoms. The van der Waals surface area contributed by atoms with Gasteiger partial charge in [-0.2, -0.15) is 0 Å². The van der Waals surface area contributed by atoms with Gasteiger partial charge in [-0.15, -0.1) is 0 Å². The molecule has 0 saturated carbocycles. The predicted octanol–water partition coefficient (Wildman–Crippen LogP) is 0.359. The van der Waals surface area contributed by atoms with Gasteiger partial charge >= 0.3 is 0 Å². The molecule has 0 spiro atoms. The summed E-state index contributed by atoms with van der Waals surface area (Å²) in [5.41, 5.74) is 0. The molecule has 1 aliphatic heterocycles. The number of nitrogens with one attached hydrogen (secondary N) is 2. The molecule has 1 fully saturated rings. The van der Waals surface area contributed by atoms with E-state index >= 15 is 0 Å². The Balaban J connectivity index is 2.57. The summed E-state index contributed by atoms with van der Waals surface area (Å²) in [7, 11) is 0. The molecular weight excluding hydrogens is 230 g/mol. The van der Waals surface area contributed by atoms with E-state index in [1.165, 1.54) is 0 Å². The Morgan fingerprint density at radius 1 is 1.39 bits per heavy atom. The maximum atomic E-state index is 12.4. The number of hydrogen-bond acceptors (Lipinski definition) is 3. The molecular formula is C13H25N3O2. The minimum atomic E-state index is -0.131. The summed E-state index contributed by atoms with van der Waals surface area (Å²) in [4.78, 5) is 25.5. The number of amides is 2. The average Bonchev–Trinajstić information content (AvgIpc) is 2.36. The van der Waals surface area contributed by atoms with E-state index in [-0.39, 0.29) is 24.4 Å². The second-order valence-electron chi connectivity index (χ2n) is 4.86. The Hall–Kier alpha value is -1.10. The molecule has 5 nitrogen and oxygen atoms in total. The van der Waals surface area contributed by atoms with Crippen LogP contribution in [0.4, 0.5) is 0 Å². The van der Waals surface area contributed by atoms with Crippen molar-refractivity contribution in [1.82, 2.24) is 15.5 Å². The fourth-order valence-corrected chi connectivity index (χ4v) is 2.35. The average molecular weight is 255 g/mol. The fourth-order valence-electron chi connectivity index (χ4n) is 2.35. The number of rotatable bonds is 5. The summed E-state index contributed by atoms with van der Waals surface area (Å²) in [6, 6.07) is -0.131. The molecule has 0 aromatic carbocycles. The van der Waals surface area contributed by atoms with Crippen molar-refractivity contribution < 1.29 is 9.59 Å². The van der Waals surface area contributed by atoms with E-state index < -0.39 is 0 Å². The smallest absolute Gasteiger partial charge is 0.240 e. The van der Waals surface area contributed by atoms with E-state index in [1.54, 1.807) is 4.90 Å². The van der Waals surface area contributed by atoms with Gasteiger partial charge in [-0.1, -0.05) is 6.92 Å². The van der Waals surface area contributed by atoms with Crippen LogP contribution in [0.25, 0.3) is 0 Å². The Morgan fingerprint density at radius 2 is 2.11 bits per heavy atom. The van der Waals surface area contributed by atoms with Crippen molar-refractivity contribution in [3.63, 3.8) is 0 Å². The number of carbonyl (C=O) groups excluding carboxylic acids is 2. The van der Waals surface area contributed by atoms with Crippen LogP contribution in [0.3, 0.4) is 0 Å². The lowest BCUT2D eigenvalue weighted by Gasteiger charge is -2.33. The molecule has 0 aromatic rings. The normalized spacial score (nSPS) is 23.5. The van der Waals surface area contributed by atoms with Crippen LogP contribution >= 0.6 is 0 Å². The first-order valence-electron chi connectivity index (χ1n) is 6.89. The zero-order valence-electron chi connectivity index (χ0n) is 11.7. The summed E-state index contributed by atoms with van der Waals surface area (Å²) >= 11 is 0. The van der Waals surface area contributed by atoms with Crippen LogP contribution in [0.5, 0.6) is 0 Å². The third-order valence-corrected chi connectivity index (χ3v) is 3.44. The van der Waals surface area contributed by atoms with Gasteiger partial charge in [-0.3, -0.25) is 9.59 Å². The number of hydrogen-bond donors (Lipinski definition) is 2. The zero-order valence-corrected chi connectivity index (χ0v) is 11.7. The van der Waals surface area contributed by atoms with Gasteiger partial charge in [0.25, 0.3) is 0 Å². The number of likely N-dealkylation sites (N-methyl/N-ethyl adjacent to an activating group) is 2. The minimum Gasteiger partial charge on any atom is -0.355 e. The molecule has 2 amide bonds. The van der Waals surface area contributed by atoms with E-state index in [2.05, 4.69) is 17.6 Å². The van der Waals surface area contributed by atoms with Gasteiger partial charge < -0.3 is 15.5 Å². The first kappa shape index (κ1) is 15.0. The Bertz CT molecular complexity index is 294. The number of carbonyl (C=O) groups is 2. The lowest BCUT2D eigenvalue weighted by molar-refractivity contribution is -0.139. The largest absolute Gasteiger partial charge is 0.355 e. The molecule has 0 bridgehead atoms. The molecule has 5 heteroatoms. The van der Waals surface area contributed by atoms with Gasteiger partial charge in [0.05, 0.1) is 12.6 Å². The van der Waals surface area contributed by atoms with E-state index in [0.717, 1.165) is 19.4 Å². The highest BCUT2D eigenvalue weighted by molar-refractivity contribution is 5.87. The van der Waals surface area contributed by atoms with Crippen LogP contribution in [0, 0.1) is 5.92 Å². The lowest BCUT2D eigenvalue weighted by Crippen LogP contribution is -2.54. The van der Waals surface area contributed by atoms with Gasteiger partial charge in [-0.05, 0) is 39.2 Å². The van der Waals surface area contributed by atoms with E-state index in [1.807, 2.05) is 13.8 Å².